The number of alkyl halides is 3. The number of pyridine rings is 2. The van der Waals surface area contributed by atoms with Gasteiger partial charge in [0.1, 0.15) is 23.5 Å². The number of likely N-dealkylation sites (tertiary alicyclic amines) is 1. The van der Waals surface area contributed by atoms with E-state index in [-0.39, 0.29) is 40.8 Å². The van der Waals surface area contributed by atoms with Crippen LogP contribution in [0.15, 0.2) is 34.9 Å². The predicted molar refractivity (Wildman–Crippen MR) is 154 cm³/mol. The fourth-order valence-electron chi connectivity index (χ4n) is 4.75. The van der Waals surface area contributed by atoms with Crippen LogP contribution in [0, 0.1) is 0 Å². The lowest BCUT2D eigenvalue weighted by atomic mass is 10.0. The van der Waals surface area contributed by atoms with Gasteiger partial charge < -0.3 is 19.7 Å². The zero-order chi connectivity index (χ0) is 30.7. The number of ether oxygens (including phenoxy) is 2. The number of hydrogen-bond donors (Lipinski definition) is 2. The molecule has 2 N–H and O–H groups in total. The zero-order valence-corrected chi connectivity index (χ0v) is 24.5. The summed E-state index contributed by atoms with van der Waals surface area (Å²) in [6, 6.07) is 2.99. The van der Waals surface area contributed by atoms with Crippen LogP contribution in [0.3, 0.4) is 0 Å². The van der Waals surface area contributed by atoms with Crippen LogP contribution in [-0.4, -0.2) is 76.1 Å². The number of carbonyl (C=O) groups excluding carboxylic acids is 2. The van der Waals surface area contributed by atoms with Crippen molar-refractivity contribution < 1.29 is 32.2 Å². The molecule has 0 bridgehead atoms. The number of rotatable bonds is 8. The normalized spacial score (nSPS) is 16.3. The first kappa shape index (κ1) is 30.4. The van der Waals surface area contributed by atoms with Gasteiger partial charge in [0.05, 0.1) is 5.56 Å². The van der Waals surface area contributed by atoms with Crippen molar-refractivity contribution in [2.24, 2.45) is 4.99 Å². The molecule has 43 heavy (non-hydrogen) atoms. The predicted octanol–water partition coefficient (Wildman–Crippen LogP) is 4.98. The van der Waals surface area contributed by atoms with E-state index in [1.165, 1.54) is 18.5 Å². The Labute approximate surface area is 249 Å². The number of urea groups is 1. The summed E-state index contributed by atoms with van der Waals surface area (Å²) in [6.07, 6.45) is -0.387. The van der Waals surface area contributed by atoms with Crippen molar-refractivity contribution in [1.82, 2.24) is 25.2 Å². The molecule has 0 saturated carbocycles. The van der Waals surface area contributed by atoms with E-state index >= 15 is 0 Å². The van der Waals surface area contributed by atoms with Gasteiger partial charge in [-0.1, -0.05) is 0 Å². The number of anilines is 1. The molecule has 2 aliphatic rings. The van der Waals surface area contributed by atoms with E-state index in [1.54, 1.807) is 13.0 Å². The third-order valence-corrected chi connectivity index (χ3v) is 7.82. The minimum absolute atomic E-state index is 0.0508. The van der Waals surface area contributed by atoms with Gasteiger partial charge in [-0.2, -0.15) is 13.2 Å². The number of aliphatic imine (C=N–C) groups is 1. The molecule has 3 aromatic heterocycles. The van der Waals surface area contributed by atoms with Gasteiger partial charge in [0.15, 0.2) is 5.69 Å². The Morgan fingerprint density at radius 2 is 1.93 bits per heavy atom. The van der Waals surface area contributed by atoms with Gasteiger partial charge in [0.2, 0.25) is 11.8 Å². The van der Waals surface area contributed by atoms with E-state index < -0.39 is 23.9 Å². The Balaban J connectivity index is 1.59. The minimum Gasteiger partial charge on any atom is -0.474 e. The quantitative estimate of drug-likeness (QED) is 0.339. The molecule has 0 atom stereocenters. The number of piperidine rings is 1. The van der Waals surface area contributed by atoms with E-state index in [4.69, 9.17) is 9.47 Å². The van der Waals surface area contributed by atoms with Crippen molar-refractivity contribution in [2.75, 3.05) is 31.5 Å². The Bertz CT molecular complexity index is 1530. The molecule has 0 spiro atoms. The summed E-state index contributed by atoms with van der Waals surface area (Å²) < 4.78 is 52.2. The standard InChI is InChI=1S/C28H30F3N7O4S/c1-4-32-27(40)37-22-10-19(26-36-21(14-43-26)28(29,30)31)20(12-33-22)18-9-16(24-35-13-23(39)42-24)11-34-25(18)41-17-5-7-38(8-6-17)15(2)3/h9-12,14-15,17H,4-8,13H2,1-3H3,(H2,32,33,37,40). The molecule has 1 saturated heterocycles. The molecule has 0 unspecified atom stereocenters. The Kier molecular flexibility index (Phi) is 8.92. The van der Waals surface area contributed by atoms with Crippen LogP contribution in [0.4, 0.5) is 23.8 Å². The molecule has 5 heterocycles. The van der Waals surface area contributed by atoms with E-state index in [2.05, 4.69) is 49.3 Å². The van der Waals surface area contributed by atoms with Crippen molar-refractivity contribution in [3.63, 3.8) is 0 Å². The molecule has 1 fully saturated rings. The summed E-state index contributed by atoms with van der Waals surface area (Å²) in [5.41, 5.74) is 0.365. The molecule has 2 amide bonds. The number of aromatic nitrogens is 3. The van der Waals surface area contributed by atoms with Gasteiger partial charge in [-0.25, -0.2) is 29.5 Å². The molecule has 15 heteroatoms. The van der Waals surface area contributed by atoms with Crippen molar-refractivity contribution in [1.29, 1.82) is 0 Å². The number of thiazole rings is 1. The van der Waals surface area contributed by atoms with Gasteiger partial charge >= 0.3 is 18.2 Å². The number of carbonyl (C=O) groups is 2. The third kappa shape index (κ3) is 7.10. The van der Waals surface area contributed by atoms with Gasteiger partial charge in [0, 0.05) is 60.1 Å². The number of esters is 1. The van der Waals surface area contributed by atoms with Gasteiger partial charge in [-0.3, -0.25) is 5.32 Å². The van der Waals surface area contributed by atoms with E-state index in [9.17, 15) is 22.8 Å². The third-order valence-electron chi connectivity index (χ3n) is 6.94. The highest BCUT2D eigenvalue weighted by Crippen LogP contribution is 2.41. The smallest absolute Gasteiger partial charge is 0.434 e. The molecular formula is C28H30F3N7O4S. The second kappa shape index (κ2) is 12.6. The highest BCUT2D eigenvalue weighted by atomic mass is 32.1. The Hall–Kier alpha value is -4.11. The molecule has 2 aliphatic heterocycles. The first-order valence-electron chi connectivity index (χ1n) is 13.8. The first-order chi connectivity index (χ1) is 20.5. The average Bonchev–Trinajstić information content (AvgIpc) is 3.64. The van der Waals surface area contributed by atoms with Crippen LogP contribution in [0.1, 0.15) is 44.9 Å². The number of nitrogens with zero attached hydrogens (tertiary/aromatic N) is 5. The zero-order valence-electron chi connectivity index (χ0n) is 23.7. The molecule has 3 aromatic rings. The largest absolute Gasteiger partial charge is 0.474 e. The fourth-order valence-corrected chi connectivity index (χ4v) is 5.60. The highest BCUT2D eigenvalue weighted by Gasteiger charge is 2.34. The lowest BCUT2D eigenvalue weighted by molar-refractivity contribution is -0.140. The molecule has 0 aliphatic carbocycles. The summed E-state index contributed by atoms with van der Waals surface area (Å²) in [5.74, 6) is -0.0977. The molecule has 5 rings (SSSR count). The van der Waals surface area contributed by atoms with Crippen LogP contribution in [0.25, 0.3) is 21.7 Å². The van der Waals surface area contributed by atoms with Crippen LogP contribution >= 0.6 is 11.3 Å². The van der Waals surface area contributed by atoms with Crippen LogP contribution in [0.2, 0.25) is 0 Å². The summed E-state index contributed by atoms with van der Waals surface area (Å²) in [7, 11) is 0. The van der Waals surface area contributed by atoms with E-state index in [1.807, 2.05) is 0 Å². The number of hydrogen-bond acceptors (Lipinski definition) is 10. The summed E-state index contributed by atoms with van der Waals surface area (Å²) >= 11 is 0.803. The maximum Gasteiger partial charge on any atom is 0.434 e. The first-order valence-corrected chi connectivity index (χ1v) is 14.6. The molecular weight excluding hydrogens is 587 g/mol. The Morgan fingerprint density at radius 1 is 1.16 bits per heavy atom. The van der Waals surface area contributed by atoms with Gasteiger partial charge in [-0.15, -0.1) is 11.3 Å². The number of cyclic esters (lactones) is 1. The van der Waals surface area contributed by atoms with E-state index in [0.717, 1.165) is 42.6 Å². The van der Waals surface area contributed by atoms with Crippen LogP contribution < -0.4 is 15.4 Å². The topological polar surface area (TPSA) is 131 Å². The van der Waals surface area contributed by atoms with E-state index in [0.29, 0.717) is 29.3 Å². The number of nitrogens with one attached hydrogen (secondary N) is 2. The second-order valence-corrected chi connectivity index (χ2v) is 11.1. The number of amides is 2. The maximum absolute atomic E-state index is 13.5. The second-order valence-electron chi connectivity index (χ2n) is 10.3. The molecule has 0 aromatic carbocycles. The van der Waals surface area contributed by atoms with Gasteiger partial charge in [0.25, 0.3) is 0 Å². The van der Waals surface area contributed by atoms with Crippen molar-refractivity contribution in [3.05, 3.63) is 41.2 Å². The minimum atomic E-state index is -4.64. The SMILES string of the molecule is CCNC(=O)Nc1cc(-c2nc(C(F)(F)F)cs2)c(-c2cc(C3=NCC(=O)O3)cnc2OC2CCN(C(C)C)CC2)cn1. The maximum atomic E-state index is 13.5. The van der Waals surface area contributed by atoms with Crippen molar-refractivity contribution in [3.8, 4) is 27.6 Å². The van der Waals surface area contributed by atoms with Crippen LogP contribution in [-0.2, 0) is 15.7 Å². The molecule has 228 valence electrons. The van der Waals surface area contributed by atoms with Crippen molar-refractivity contribution >= 4 is 35.1 Å². The summed E-state index contributed by atoms with van der Waals surface area (Å²) in [5, 5.41) is 6.16. The van der Waals surface area contributed by atoms with Crippen LogP contribution in [0.5, 0.6) is 5.88 Å². The Morgan fingerprint density at radius 3 is 2.56 bits per heavy atom. The summed E-state index contributed by atoms with van der Waals surface area (Å²) in [4.78, 5) is 43.2. The monoisotopic (exact) mass is 617 g/mol. The van der Waals surface area contributed by atoms with Gasteiger partial charge in [-0.05, 0) is 45.7 Å². The highest BCUT2D eigenvalue weighted by molar-refractivity contribution is 7.13. The average molecular weight is 618 g/mol. The van der Waals surface area contributed by atoms with Crippen molar-refractivity contribution in [2.45, 2.75) is 51.9 Å². The number of halogens is 3. The summed E-state index contributed by atoms with van der Waals surface area (Å²) in [6.45, 7) is 7.94. The molecule has 11 nitrogen and oxygen atoms in total. The molecule has 0 radical (unpaired) electrons. The lowest BCUT2D eigenvalue weighted by Crippen LogP contribution is -2.41. The lowest BCUT2D eigenvalue weighted by Gasteiger charge is -2.34. The fraction of sp³-hybridized carbons (Fsp3) is 0.429.